The number of nitrogen functional groups attached to an aromatic ring is 1. The monoisotopic (exact) mass is 242 g/mol. The average molecular weight is 242 g/mol. The molecule has 1 heterocycles. The van der Waals surface area contributed by atoms with E-state index in [4.69, 9.17) is 5.73 Å². The molecule has 0 unspecified atom stereocenters. The molecule has 0 atom stereocenters. The van der Waals surface area contributed by atoms with Crippen molar-refractivity contribution in [2.45, 2.75) is 32.6 Å². The Morgan fingerprint density at radius 1 is 1.28 bits per heavy atom. The van der Waals surface area contributed by atoms with Crippen molar-refractivity contribution >= 4 is 5.69 Å². The van der Waals surface area contributed by atoms with Crippen LogP contribution in [0.1, 0.15) is 35.7 Å². The molecule has 4 nitrogen and oxygen atoms in total. The van der Waals surface area contributed by atoms with E-state index in [1.54, 1.807) is 0 Å². The van der Waals surface area contributed by atoms with Crippen molar-refractivity contribution in [3.8, 4) is 11.4 Å². The predicted octanol–water partition coefficient (Wildman–Crippen LogP) is 2.56. The standard InChI is InChI=1S/C14H18N4/c1-8-6-11(15)7-12(9(8)2)14-16-13(10-4-5-10)17-18(14)3/h6-7,10H,4-5,15H2,1-3H3. The van der Waals surface area contributed by atoms with Crippen molar-refractivity contribution in [2.75, 3.05) is 5.73 Å². The second-order valence-corrected chi connectivity index (χ2v) is 5.20. The zero-order chi connectivity index (χ0) is 12.9. The summed E-state index contributed by atoms with van der Waals surface area (Å²) in [7, 11) is 1.95. The molecular formula is C14H18N4. The number of nitrogens with zero attached hydrogens (tertiary/aromatic N) is 3. The first-order chi connectivity index (χ1) is 8.56. The van der Waals surface area contributed by atoms with Crippen LogP contribution in [-0.4, -0.2) is 14.8 Å². The fraction of sp³-hybridized carbons (Fsp3) is 0.429. The molecule has 0 bridgehead atoms. The Labute approximate surface area is 107 Å². The van der Waals surface area contributed by atoms with Gasteiger partial charge in [-0.3, -0.25) is 0 Å². The first kappa shape index (κ1) is 11.3. The third-order valence-electron chi connectivity index (χ3n) is 3.65. The van der Waals surface area contributed by atoms with Crippen LogP contribution in [0.25, 0.3) is 11.4 Å². The lowest BCUT2D eigenvalue weighted by atomic mass is 10.0. The zero-order valence-corrected chi connectivity index (χ0v) is 11.1. The number of anilines is 1. The van der Waals surface area contributed by atoms with E-state index in [-0.39, 0.29) is 0 Å². The minimum Gasteiger partial charge on any atom is -0.399 e. The summed E-state index contributed by atoms with van der Waals surface area (Å²) in [6.07, 6.45) is 2.44. The van der Waals surface area contributed by atoms with Crippen LogP contribution in [0.4, 0.5) is 5.69 Å². The van der Waals surface area contributed by atoms with Crippen LogP contribution in [0.5, 0.6) is 0 Å². The van der Waals surface area contributed by atoms with Gasteiger partial charge in [0, 0.05) is 24.2 Å². The molecule has 1 aromatic carbocycles. The normalized spacial score (nSPS) is 15.1. The highest BCUT2D eigenvalue weighted by atomic mass is 15.3. The summed E-state index contributed by atoms with van der Waals surface area (Å²) in [4.78, 5) is 4.68. The van der Waals surface area contributed by atoms with Crippen LogP contribution < -0.4 is 5.73 Å². The second-order valence-electron chi connectivity index (χ2n) is 5.20. The Kier molecular flexibility index (Phi) is 2.40. The molecule has 1 saturated carbocycles. The van der Waals surface area contributed by atoms with Crippen LogP contribution >= 0.6 is 0 Å². The van der Waals surface area contributed by atoms with Gasteiger partial charge in [0.2, 0.25) is 0 Å². The smallest absolute Gasteiger partial charge is 0.158 e. The Bertz CT molecular complexity index is 608. The van der Waals surface area contributed by atoms with Gasteiger partial charge in [-0.05, 0) is 49.9 Å². The highest BCUT2D eigenvalue weighted by molar-refractivity contribution is 5.67. The van der Waals surface area contributed by atoms with Crippen molar-refractivity contribution in [1.82, 2.24) is 14.8 Å². The molecule has 1 fully saturated rings. The Morgan fingerprint density at radius 3 is 2.67 bits per heavy atom. The first-order valence-corrected chi connectivity index (χ1v) is 6.34. The summed E-state index contributed by atoms with van der Waals surface area (Å²) >= 11 is 0. The Balaban J connectivity index is 2.14. The predicted molar refractivity (Wildman–Crippen MR) is 72.3 cm³/mol. The van der Waals surface area contributed by atoms with Gasteiger partial charge in [-0.25, -0.2) is 9.67 Å². The molecule has 1 aliphatic rings. The number of hydrogen-bond donors (Lipinski definition) is 1. The van der Waals surface area contributed by atoms with Crippen LogP contribution in [0.15, 0.2) is 12.1 Å². The van der Waals surface area contributed by atoms with E-state index < -0.39 is 0 Å². The van der Waals surface area contributed by atoms with Gasteiger partial charge in [0.15, 0.2) is 11.6 Å². The topological polar surface area (TPSA) is 56.7 Å². The number of benzene rings is 1. The molecule has 2 N–H and O–H groups in total. The summed E-state index contributed by atoms with van der Waals surface area (Å²) in [5, 5.41) is 4.51. The highest BCUT2D eigenvalue weighted by Gasteiger charge is 2.29. The zero-order valence-electron chi connectivity index (χ0n) is 11.1. The van der Waals surface area contributed by atoms with Crippen LogP contribution in [-0.2, 0) is 7.05 Å². The maximum Gasteiger partial charge on any atom is 0.158 e. The molecule has 94 valence electrons. The summed E-state index contributed by atoms with van der Waals surface area (Å²) < 4.78 is 1.87. The van der Waals surface area contributed by atoms with Gasteiger partial charge in [0.1, 0.15) is 0 Å². The fourth-order valence-electron chi connectivity index (χ4n) is 2.27. The molecule has 3 rings (SSSR count). The molecule has 0 amide bonds. The molecular weight excluding hydrogens is 224 g/mol. The number of aryl methyl sites for hydroxylation is 2. The lowest BCUT2D eigenvalue weighted by molar-refractivity contribution is 0.750. The minimum atomic E-state index is 0.576. The van der Waals surface area contributed by atoms with E-state index in [1.807, 2.05) is 23.9 Å². The molecule has 0 spiro atoms. The van der Waals surface area contributed by atoms with Crippen molar-refractivity contribution in [3.05, 3.63) is 29.1 Å². The van der Waals surface area contributed by atoms with E-state index >= 15 is 0 Å². The summed E-state index contributed by atoms with van der Waals surface area (Å²) in [5.41, 5.74) is 10.2. The van der Waals surface area contributed by atoms with E-state index in [2.05, 4.69) is 23.9 Å². The Hall–Kier alpha value is -1.84. The van der Waals surface area contributed by atoms with Crippen molar-refractivity contribution in [2.24, 2.45) is 7.05 Å². The summed E-state index contributed by atoms with van der Waals surface area (Å²) in [6, 6.07) is 3.99. The maximum absolute atomic E-state index is 5.94. The quantitative estimate of drug-likeness (QED) is 0.823. The minimum absolute atomic E-state index is 0.576. The SMILES string of the molecule is Cc1cc(N)cc(-c2nc(C3CC3)nn2C)c1C. The van der Waals surface area contributed by atoms with Gasteiger partial charge in [-0.2, -0.15) is 5.10 Å². The van der Waals surface area contributed by atoms with E-state index in [0.29, 0.717) is 5.92 Å². The van der Waals surface area contributed by atoms with Crippen molar-refractivity contribution in [1.29, 1.82) is 0 Å². The third kappa shape index (κ3) is 1.78. The van der Waals surface area contributed by atoms with Gasteiger partial charge in [-0.1, -0.05) is 0 Å². The maximum atomic E-state index is 5.94. The number of nitrogens with two attached hydrogens (primary N) is 1. The van der Waals surface area contributed by atoms with Crippen molar-refractivity contribution in [3.63, 3.8) is 0 Å². The summed E-state index contributed by atoms with van der Waals surface area (Å²) in [5.74, 6) is 2.48. The van der Waals surface area contributed by atoms with E-state index in [9.17, 15) is 0 Å². The third-order valence-corrected chi connectivity index (χ3v) is 3.65. The molecule has 0 radical (unpaired) electrons. The molecule has 0 saturated heterocycles. The van der Waals surface area contributed by atoms with E-state index in [0.717, 1.165) is 22.9 Å². The average Bonchev–Trinajstić information content (AvgIpc) is 3.08. The molecule has 1 aliphatic carbocycles. The van der Waals surface area contributed by atoms with Crippen LogP contribution in [0.3, 0.4) is 0 Å². The molecule has 18 heavy (non-hydrogen) atoms. The second kappa shape index (κ2) is 3.83. The first-order valence-electron chi connectivity index (χ1n) is 6.34. The lowest BCUT2D eigenvalue weighted by Crippen LogP contribution is -1.99. The highest BCUT2D eigenvalue weighted by Crippen LogP contribution is 2.39. The number of aromatic nitrogens is 3. The largest absolute Gasteiger partial charge is 0.399 e. The number of rotatable bonds is 2. The van der Waals surface area contributed by atoms with Gasteiger partial charge >= 0.3 is 0 Å². The van der Waals surface area contributed by atoms with Gasteiger partial charge < -0.3 is 5.73 Å². The fourth-order valence-corrected chi connectivity index (χ4v) is 2.27. The van der Waals surface area contributed by atoms with Gasteiger partial charge in [0.05, 0.1) is 0 Å². The van der Waals surface area contributed by atoms with Crippen LogP contribution in [0.2, 0.25) is 0 Å². The molecule has 0 aliphatic heterocycles. The molecule has 2 aromatic rings. The van der Waals surface area contributed by atoms with Gasteiger partial charge in [0.25, 0.3) is 0 Å². The summed E-state index contributed by atoms with van der Waals surface area (Å²) in [6.45, 7) is 4.18. The lowest BCUT2D eigenvalue weighted by Gasteiger charge is -2.09. The van der Waals surface area contributed by atoms with Crippen molar-refractivity contribution < 1.29 is 0 Å². The Morgan fingerprint density at radius 2 is 2.00 bits per heavy atom. The number of hydrogen-bond acceptors (Lipinski definition) is 3. The molecule has 1 aromatic heterocycles. The van der Waals surface area contributed by atoms with Crippen LogP contribution in [0, 0.1) is 13.8 Å². The van der Waals surface area contributed by atoms with E-state index in [1.165, 1.54) is 24.0 Å². The molecule has 4 heteroatoms. The van der Waals surface area contributed by atoms with Gasteiger partial charge in [-0.15, -0.1) is 0 Å².